The summed E-state index contributed by atoms with van der Waals surface area (Å²) in [5.41, 5.74) is 5.31. The van der Waals surface area contributed by atoms with Crippen LogP contribution < -0.4 is 10.1 Å². The summed E-state index contributed by atoms with van der Waals surface area (Å²) in [5.74, 6) is 1.76. The SMILES string of the molecule is COc1ccc(C2CC(=O)c3cnc(Nc4nc(C)c5ccc(C)cc5n4)nc3C2)cc1. The van der Waals surface area contributed by atoms with E-state index >= 15 is 0 Å². The molecule has 1 aliphatic carbocycles. The highest BCUT2D eigenvalue weighted by atomic mass is 16.5. The lowest BCUT2D eigenvalue weighted by molar-refractivity contribution is 0.0962. The number of aryl methyl sites for hydroxylation is 2. The van der Waals surface area contributed by atoms with Crippen molar-refractivity contribution >= 4 is 28.6 Å². The molecule has 1 aliphatic rings. The molecule has 2 heterocycles. The molecule has 0 aliphatic heterocycles. The Kier molecular flexibility index (Phi) is 5.01. The van der Waals surface area contributed by atoms with Crippen LogP contribution in [0.5, 0.6) is 5.75 Å². The van der Waals surface area contributed by atoms with E-state index in [2.05, 4.69) is 31.3 Å². The molecule has 1 atom stereocenters. The van der Waals surface area contributed by atoms with Crippen LogP contribution in [-0.4, -0.2) is 32.8 Å². The number of Topliss-reactive ketones (excluding diaryl/α,β-unsaturated/α-hetero) is 1. The molecule has 32 heavy (non-hydrogen) atoms. The maximum absolute atomic E-state index is 12.7. The van der Waals surface area contributed by atoms with Gasteiger partial charge in [-0.05, 0) is 55.5 Å². The van der Waals surface area contributed by atoms with E-state index in [1.54, 1.807) is 13.3 Å². The van der Waals surface area contributed by atoms with Gasteiger partial charge in [0.1, 0.15) is 5.75 Å². The van der Waals surface area contributed by atoms with Crippen molar-refractivity contribution in [1.29, 1.82) is 0 Å². The van der Waals surface area contributed by atoms with Crippen molar-refractivity contribution in [2.75, 3.05) is 12.4 Å². The molecular formula is C25H23N5O2. The van der Waals surface area contributed by atoms with Crippen LogP contribution in [0.4, 0.5) is 11.9 Å². The van der Waals surface area contributed by atoms with Crippen molar-refractivity contribution in [3.05, 3.63) is 76.7 Å². The van der Waals surface area contributed by atoms with E-state index in [9.17, 15) is 4.79 Å². The van der Waals surface area contributed by atoms with Crippen LogP contribution >= 0.6 is 0 Å². The van der Waals surface area contributed by atoms with Crippen LogP contribution in [0.2, 0.25) is 0 Å². The molecule has 160 valence electrons. The number of rotatable bonds is 4. The molecule has 0 bridgehead atoms. The molecule has 1 unspecified atom stereocenters. The number of carbonyl (C=O) groups excluding carboxylic acids is 1. The number of hydrogen-bond donors (Lipinski definition) is 1. The molecule has 2 aromatic carbocycles. The van der Waals surface area contributed by atoms with Gasteiger partial charge in [-0.2, -0.15) is 0 Å². The highest BCUT2D eigenvalue weighted by Crippen LogP contribution is 2.33. The zero-order valence-electron chi connectivity index (χ0n) is 18.2. The largest absolute Gasteiger partial charge is 0.497 e. The van der Waals surface area contributed by atoms with Crippen LogP contribution in [0.25, 0.3) is 10.9 Å². The van der Waals surface area contributed by atoms with E-state index in [1.165, 1.54) is 0 Å². The molecule has 1 N–H and O–H groups in total. The highest BCUT2D eigenvalue weighted by molar-refractivity contribution is 5.98. The first-order valence-electron chi connectivity index (χ1n) is 10.6. The first-order chi connectivity index (χ1) is 15.5. The van der Waals surface area contributed by atoms with Crippen LogP contribution in [-0.2, 0) is 6.42 Å². The third-order valence-electron chi connectivity index (χ3n) is 5.89. The summed E-state index contributed by atoms with van der Waals surface area (Å²) >= 11 is 0. The second-order valence-electron chi connectivity index (χ2n) is 8.13. The van der Waals surface area contributed by atoms with Gasteiger partial charge in [-0.15, -0.1) is 0 Å². The summed E-state index contributed by atoms with van der Waals surface area (Å²) in [5, 5.41) is 4.13. The number of fused-ring (bicyclic) bond motifs is 2. The standard InChI is InChI=1S/C25H23N5O2/c1-14-4-9-19-15(2)27-25(29-21(19)10-14)30-24-26-13-20-22(28-24)11-17(12-23(20)31)16-5-7-18(32-3)8-6-16/h4-10,13,17H,11-12H2,1-3H3,(H,26,27,28,29,30). The van der Waals surface area contributed by atoms with Crippen molar-refractivity contribution in [1.82, 2.24) is 19.9 Å². The molecular weight excluding hydrogens is 402 g/mol. The summed E-state index contributed by atoms with van der Waals surface area (Å²) in [6, 6.07) is 14.0. The zero-order valence-corrected chi connectivity index (χ0v) is 18.2. The Morgan fingerprint density at radius 1 is 0.969 bits per heavy atom. The first-order valence-corrected chi connectivity index (χ1v) is 10.6. The number of methoxy groups -OCH3 is 1. The molecule has 7 nitrogen and oxygen atoms in total. The molecule has 0 amide bonds. The maximum Gasteiger partial charge on any atom is 0.230 e. The summed E-state index contributed by atoms with van der Waals surface area (Å²) < 4.78 is 5.24. The van der Waals surface area contributed by atoms with Gasteiger partial charge >= 0.3 is 0 Å². The molecule has 4 aromatic rings. The van der Waals surface area contributed by atoms with Crippen LogP contribution in [0, 0.1) is 13.8 Å². The number of benzene rings is 2. The van der Waals surface area contributed by atoms with Crippen molar-refractivity contribution < 1.29 is 9.53 Å². The summed E-state index contributed by atoms with van der Waals surface area (Å²) in [7, 11) is 1.64. The van der Waals surface area contributed by atoms with Gasteiger partial charge < -0.3 is 4.74 Å². The van der Waals surface area contributed by atoms with Crippen molar-refractivity contribution in [3.63, 3.8) is 0 Å². The summed E-state index contributed by atoms with van der Waals surface area (Å²) in [6.07, 6.45) is 2.72. The Bertz CT molecular complexity index is 1330. The Morgan fingerprint density at radius 3 is 2.56 bits per heavy atom. The van der Waals surface area contributed by atoms with E-state index in [1.807, 2.05) is 50.2 Å². The average Bonchev–Trinajstić information content (AvgIpc) is 2.78. The smallest absolute Gasteiger partial charge is 0.230 e. The Labute approximate surface area is 185 Å². The van der Waals surface area contributed by atoms with Gasteiger partial charge in [0.2, 0.25) is 11.9 Å². The Morgan fingerprint density at radius 2 is 1.78 bits per heavy atom. The lowest BCUT2D eigenvalue weighted by Crippen LogP contribution is -2.21. The second kappa shape index (κ2) is 8.00. The number of hydrogen-bond acceptors (Lipinski definition) is 7. The molecule has 0 spiro atoms. The number of ketones is 1. The van der Waals surface area contributed by atoms with Gasteiger partial charge in [0.05, 0.1) is 29.6 Å². The normalized spacial score (nSPS) is 15.5. The first kappa shape index (κ1) is 20.1. The number of nitrogens with one attached hydrogen (secondary N) is 1. The molecule has 5 rings (SSSR count). The van der Waals surface area contributed by atoms with E-state index < -0.39 is 0 Å². The molecule has 7 heteroatoms. The summed E-state index contributed by atoms with van der Waals surface area (Å²) in [6.45, 7) is 3.99. The number of nitrogens with zero attached hydrogens (tertiary/aromatic N) is 4. The fourth-order valence-electron chi connectivity index (χ4n) is 4.17. The molecule has 0 saturated heterocycles. The van der Waals surface area contributed by atoms with Gasteiger partial charge in [0, 0.05) is 18.0 Å². The zero-order chi connectivity index (χ0) is 22.2. The van der Waals surface area contributed by atoms with E-state index in [0.29, 0.717) is 30.3 Å². The van der Waals surface area contributed by atoms with Gasteiger partial charge in [0.15, 0.2) is 5.78 Å². The Hall–Kier alpha value is -3.87. The minimum absolute atomic E-state index is 0.0619. The van der Waals surface area contributed by atoms with Gasteiger partial charge in [-0.25, -0.2) is 19.9 Å². The highest BCUT2D eigenvalue weighted by Gasteiger charge is 2.28. The lowest BCUT2D eigenvalue weighted by Gasteiger charge is -2.23. The van der Waals surface area contributed by atoms with Crippen LogP contribution in [0.15, 0.2) is 48.7 Å². The fourth-order valence-corrected chi connectivity index (χ4v) is 4.17. The molecule has 0 fully saturated rings. The third-order valence-corrected chi connectivity index (χ3v) is 5.89. The van der Waals surface area contributed by atoms with Crippen LogP contribution in [0.3, 0.4) is 0 Å². The minimum atomic E-state index is 0.0619. The van der Waals surface area contributed by atoms with E-state index in [4.69, 9.17) is 4.74 Å². The Balaban J connectivity index is 1.43. The summed E-state index contributed by atoms with van der Waals surface area (Å²) in [4.78, 5) is 30.9. The molecule has 2 aromatic heterocycles. The predicted octanol–water partition coefficient (Wildman–Crippen LogP) is 4.70. The van der Waals surface area contributed by atoms with Crippen molar-refractivity contribution in [2.45, 2.75) is 32.6 Å². The van der Waals surface area contributed by atoms with E-state index in [0.717, 1.165) is 39.2 Å². The second-order valence-corrected chi connectivity index (χ2v) is 8.13. The quantitative estimate of drug-likeness (QED) is 0.507. The molecule has 0 radical (unpaired) electrons. The third kappa shape index (κ3) is 3.77. The van der Waals surface area contributed by atoms with Gasteiger partial charge in [-0.1, -0.05) is 24.3 Å². The topological polar surface area (TPSA) is 89.9 Å². The molecule has 0 saturated carbocycles. The van der Waals surface area contributed by atoms with Gasteiger partial charge in [0.25, 0.3) is 0 Å². The number of anilines is 2. The van der Waals surface area contributed by atoms with Crippen molar-refractivity contribution in [2.24, 2.45) is 0 Å². The fraction of sp³-hybridized carbons (Fsp3) is 0.240. The van der Waals surface area contributed by atoms with Gasteiger partial charge in [-0.3, -0.25) is 10.1 Å². The number of aromatic nitrogens is 4. The van der Waals surface area contributed by atoms with E-state index in [-0.39, 0.29) is 11.7 Å². The maximum atomic E-state index is 12.7. The number of carbonyl (C=O) groups is 1. The predicted molar refractivity (Wildman–Crippen MR) is 123 cm³/mol. The minimum Gasteiger partial charge on any atom is -0.497 e. The lowest BCUT2D eigenvalue weighted by atomic mass is 9.82. The van der Waals surface area contributed by atoms with Crippen molar-refractivity contribution in [3.8, 4) is 5.75 Å². The van der Waals surface area contributed by atoms with Crippen LogP contribution in [0.1, 0.15) is 45.2 Å². The monoisotopic (exact) mass is 425 g/mol. The number of ether oxygens (including phenoxy) is 1. The average molecular weight is 425 g/mol.